The molecule has 0 saturated heterocycles. The summed E-state index contributed by atoms with van der Waals surface area (Å²) in [6.07, 6.45) is 5.12. The van der Waals surface area contributed by atoms with Gasteiger partial charge in [0.25, 0.3) is 5.91 Å². The van der Waals surface area contributed by atoms with Crippen molar-refractivity contribution in [1.29, 1.82) is 0 Å². The number of benzene rings is 4. The molecule has 1 fully saturated rings. The predicted molar refractivity (Wildman–Crippen MR) is 177 cm³/mol. The third kappa shape index (κ3) is 6.55. The molecule has 236 valence electrons. The number of aromatic nitrogens is 2. The Morgan fingerprint density at radius 1 is 0.957 bits per heavy atom. The molecule has 1 amide bonds. The average molecular weight is 640 g/mol. The maximum Gasteiger partial charge on any atom is 0.335 e. The summed E-state index contributed by atoms with van der Waals surface area (Å²) in [5, 5.41) is 10.1. The third-order valence-corrected chi connectivity index (χ3v) is 8.94. The number of rotatable bonds is 9. The molecule has 0 aliphatic heterocycles. The Hall–Kier alpha value is -4.53. The molecule has 0 radical (unpaired) electrons. The molecular formula is C37H35ClFN3O4. The number of carboxylic acids is 1. The van der Waals surface area contributed by atoms with E-state index < -0.39 is 17.7 Å². The Morgan fingerprint density at radius 3 is 2.37 bits per heavy atom. The molecule has 1 aliphatic carbocycles. The maximum atomic E-state index is 15.8. The predicted octanol–water partition coefficient (Wildman–Crippen LogP) is 9.35. The number of hydroxylamine groups is 1. The summed E-state index contributed by atoms with van der Waals surface area (Å²) in [6, 6.07) is 22.9. The first-order valence-electron chi connectivity index (χ1n) is 15.6. The highest BCUT2D eigenvalue weighted by Crippen LogP contribution is 2.37. The number of aromatic carboxylic acids is 1. The molecule has 46 heavy (non-hydrogen) atoms. The van der Waals surface area contributed by atoms with Crippen LogP contribution in [0.25, 0.3) is 33.5 Å². The van der Waals surface area contributed by atoms with E-state index in [0.29, 0.717) is 22.3 Å². The van der Waals surface area contributed by atoms with Gasteiger partial charge in [-0.05, 0) is 89.5 Å². The zero-order valence-corrected chi connectivity index (χ0v) is 26.5. The minimum atomic E-state index is -1.05. The van der Waals surface area contributed by atoms with Crippen LogP contribution in [0.15, 0.2) is 78.9 Å². The van der Waals surface area contributed by atoms with Crippen molar-refractivity contribution in [3.8, 4) is 22.5 Å². The average Bonchev–Trinajstić information content (AvgIpc) is 3.44. The van der Waals surface area contributed by atoms with Crippen molar-refractivity contribution in [1.82, 2.24) is 15.0 Å². The van der Waals surface area contributed by atoms with Crippen LogP contribution >= 0.6 is 11.6 Å². The first-order valence-corrected chi connectivity index (χ1v) is 15.9. The fourth-order valence-corrected chi connectivity index (χ4v) is 6.34. The van der Waals surface area contributed by atoms with E-state index in [9.17, 15) is 14.7 Å². The minimum absolute atomic E-state index is 0.101. The zero-order chi connectivity index (χ0) is 32.4. The van der Waals surface area contributed by atoms with Crippen LogP contribution in [0.5, 0.6) is 0 Å². The molecule has 1 aromatic heterocycles. The van der Waals surface area contributed by atoms with Crippen LogP contribution in [0.4, 0.5) is 4.39 Å². The van der Waals surface area contributed by atoms with E-state index in [1.165, 1.54) is 12.1 Å². The highest BCUT2D eigenvalue weighted by molar-refractivity contribution is 6.30. The monoisotopic (exact) mass is 639 g/mol. The number of carboxylic acid groups (broad SMARTS) is 1. The van der Waals surface area contributed by atoms with Crippen LogP contribution in [-0.4, -0.2) is 26.5 Å². The van der Waals surface area contributed by atoms with Crippen LogP contribution in [-0.2, 0) is 11.4 Å². The molecule has 1 saturated carbocycles. The summed E-state index contributed by atoms with van der Waals surface area (Å²) < 4.78 is 17.8. The summed E-state index contributed by atoms with van der Waals surface area (Å²) in [5.41, 5.74) is 8.16. The zero-order valence-electron chi connectivity index (χ0n) is 25.7. The summed E-state index contributed by atoms with van der Waals surface area (Å²) >= 11 is 6.09. The number of hydrogen-bond donors (Lipinski definition) is 2. The van der Waals surface area contributed by atoms with Crippen molar-refractivity contribution < 1.29 is 23.9 Å². The SMILES string of the molecule is CC(C)c1ccc(-c2ccc(Cl)cc2)c(CONC(=O)c2ccc(-c3nc4cc(C(=O)O)ccc4n3C3CCCCC3)c(F)c2)c1. The lowest BCUT2D eigenvalue weighted by Gasteiger charge is -2.25. The molecule has 9 heteroatoms. The van der Waals surface area contributed by atoms with Crippen LogP contribution in [0, 0.1) is 5.82 Å². The fourth-order valence-electron chi connectivity index (χ4n) is 6.21. The van der Waals surface area contributed by atoms with Crippen molar-refractivity contribution in [2.24, 2.45) is 0 Å². The number of fused-ring (bicyclic) bond motifs is 1. The van der Waals surface area contributed by atoms with Crippen LogP contribution in [0.2, 0.25) is 5.02 Å². The number of hydrogen-bond acceptors (Lipinski definition) is 4. The van der Waals surface area contributed by atoms with E-state index in [4.69, 9.17) is 21.4 Å². The van der Waals surface area contributed by atoms with E-state index in [0.717, 1.165) is 59.9 Å². The number of carbonyl (C=O) groups excluding carboxylic acids is 1. The number of nitrogens with zero attached hydrogens (tertiary/aromatic N) is 2. The topological polar surface area (TPSA) is 93.4 Å². The Bertz CT molecular complexity index is 1910. The highest BCUT2D eigenvalue weighted by atomic mass is 35.5. The molecule has 1 aliphatic rings. The van der Waals surface area contributed by atoms with Gasteiger partial charge in [-0.1, -0.05) is 75.0 Å². The Morgan fingerprint density at radius 2 is 1.67 bits per heavy atom. The van der Waals surface area contributed by atoms with Gasteiger partial charge in [0.1, 0.15) is 18.2 Å². The van der Waals surface area contributed by atoms with E-state index in [-0.39, 0.29) is 29.3 Å². The van der Waals surface area contributed by atoms with Crippen LogP contribution in [0.3, 0.4) is 0 Å². The maximum absolute atomic E-state index is 15.8. The normalized spacial score (nSPS) is 13.8. The molecule has 4 aromatic carbocycles. The van der Waals surface area contributed by atoms with Crippen molar-refractivity contribution in [3.05, 3.63) is 112 Å². The molecule has 7 nitrogen and oxygen atoms in total. The van der Waals surface area contributed by atoms with Crippen molar-refractivity contribution in [2.75, 3.05) is 0 Å². The summed E-state index contributed by atoms with van der Waals surface area (Å²) in [6.45, 7) is 4.33. The molecule has 6 rings (SSSR count). The van der Waals surface area contributed by atoms with E-state index in [1.54, 1.807) is 24.3 Å². The first kappa shape index (κ1) is 31.5. The van der Waals surface area contributed by atoms with Gasteiger partial charge >= 0.3 is 5.97 Å². The van der Waals surface area contributed by atoms with Gasteiger partial charge in [-0.2, -0.15) is 0 Å². The van der Waals surface area contributed by atoms with Crippen molar-refractivity contribution >= 4 is 34.5 Å². The Kier molecular flexibility index (Phi) is 9.20. The largest absolute Gasteiger partial charge is 0.478 e. The minimum Gasteiger partial charge on any atom is -0.478 e. The van der Waals surface area contributed by atoms with Gasteiger partial charge in [0, 0.05) is 16.6 Å². The highest BCUT2D eigenvalue weighted by Gasteiger charge is 2.25. The number of nitrogens with one attached hydrogen (secondary N) is 1. The van der Waals surface area contributed by atoms with Crippen LogP contribution in [0.1, 0.15) is 89.8 Å². The fraction of sp³-hybridized carbons (Fsp3) is 0.270. The second-order valence-electron chi connectivity index (χ2n) is 12.1. The number of carbonyl (C=O) groups is 2. The standard InChI is InChI=1S/C37H35ClFN3O4/c1-22(2)24-10-15-30(23-8-13-28(38)14-9-23)27(18-24)21-46-41-36(43)25-11-16-31(32(39)19-25)35-40-33-20-26(37(44)45)12-17-34(33)42(35)29-6-4-3-5-7-29/h8-20,22,29H,3-7,21H2,1-2H3,(H,41,43)(H,44,45). The van der Waals surface area contributed by atoms with E-state index in [1.807, 2.05) is 34.9 Å². The number of amides is 1. The quantitative estimate of drug-likeness (QED) is 0.157. The molecule has 5 aromatic rings. The van der Waals surface area contributed by atoms with Crippen LogP contribution < -0.4 is 5.48 Å². The van der Waals surface area contributed by atoms with Gasteiger partial charge < -0.3 is 9.67 Å². The van der Waals surface area contributed by atoms with E-state index in [2.05, 4.69) is 31.5 Å². The lowest BCUT2D eigenvalue weighted by Crippen LogP contribution is -2.24. The lowest BCUT2D eigenvalue weighted by atomic mass is 9.94. The third-order valence-electron chi connectivity index (χ3n) is 8.69. The van der Waals surface area contributed by atoms with Gasteiger partial charge in [0.15, 0.2) is 0 Å². The second kappa shape index (κ2) is 13.4. The first-order chi connectivity index (χ1) is 22.2. The van der Waals surface area contributed by atoms with Gasteiger partial charge in [-0.3, -0.25) is 9.63 Å². The number of halogens is 2. The van der Waals surface area contributed by atoms with Crippen molar-refractivity contribution in [2.45, 2.75) is 64.5 Å². The molecule has 1 heterocycles. The summed E-state index contributed by atoms with van der Waals surface area (Å²) in [5.74, 6) is -1.50. The van der Waals surface area contributed by atoms with Gasteiger partial charge in [0.05, 0.1) is 22.2 Å². The Labute approximate surface area is 272 Å². The molecule has 2 N–H and O–H groups in total. The van der Waals surface area contributed by atoms with Gasteiger partial charge in [-0.25, -0.2) is 19.6 Å². The summed E-state index contributed by atoms with van der Waals surface area (Å²) in [4.78, 5) is 35.0. The summed E-state index contributed by atoms with van der Waals surface area (Å²) in [7, 11) is 0. The Balaban J connectivity index is 1.24. The molecule has 0 unspecified atom stereocenters. The van der Waals surface area contributed by atoms with Crippen molar-refractivity contribution in [3.63, 3.8) is 0 Å². The number of imidazole rings is 1. The molecular weight excluding hydrogens is 605 g/mol. The van der Waals surface area contributed by atoms with E-state index >= 15 is 4.39 Å². The van der Waals surface area contributed by atoms with Gasteiger partial charge in [-0.15, -0.1) is 0 Å². The molecule has 0 atom stereocenters. The lowest BCUT2D eigenvalue weighted by molar-refractivity contribution is 0.0234. The second-order valence-corrected chi connectivity index (χ2v) is 12.5. The molecule has 0 spiro atoms. The van der Waals surface area contributed by atoms with Gasteiger partial charge in [0.2, 0.25) is 0 Å². The smallest absolute Gasteiger partial charge is 0.335 e. The molecule has 0 bridgehead atoms.